The molecule has 0 aromatic heterocycles. The number of ether oxygens (including phenoxy) is 3. The molecule has 0 N–H and O–H groups in total. The maximum atomic E-state index is 12.1. The summed E-state index contributed by atoms with van der Waals surface area (Å²) in [5.41, 5.74) is 0.421. The summed E-state index contributed by atoms with van der Waals surface area (Å²) in [7, 11) is 1.56. The van der Waals surface area contributed by atoms with Crippen LogP contribution in [0.1, 0.15) is 36.0 Å². The van der Waals surface area contributed by atoms with Crippen LogP contribution in [0.5, 0.6) is 17.2 Å². The molecule has 0 heterocycles. The first kappa shape index (κ1) is 20.0. The molecule has 0 fully saturated rings. The number of carbonyl (C=O) groups is 2. The van der Waals surface area contributed by atoms with Crippen LogP contribution in [-0.4, -0.2) is 24.4 Å². The monoisotopic (exact) mass is 420 g/mol. The molecule has 2 rings (SSSR count). The summed E-state index contributed by atoms with van der Waals surface area (Å²) in [5, 5.41) is 0.943. The van der Waals surface area contributed by atoms with Crippen LogP contribution in [0.4, 0.5) is 0 Å². The molecule has 0 spiro atoms. The number of alkyl halides is 1. The van der Waals surface area contributed by atoms with Gasteiger partial charge in [0, 0.05) is 11.8 Å². The second-order valence-electron chi connectivity index (χ2n) is 5.56. The third-order valence-corrected chi connectivity index (χ3v) is 4.17. The molecule has 2 aromatic rings. The van der Waals surface area contributed by atoms with E-state index >= 15 is 0 Å². The molecule has 0 unspecified atom stereocenters. The highest BCUT2D eigenvalue weighted by Gasteiger charge is 2.10. The second-order valence-corrected chi connectivity index (χ2v) is 6.36. The first-order valence-corrected chi connectivity index (χ1v) is 9.47. The topological polar surface area (TPSA) is 61.8 Å². The number of hydrogen-bond donors (Lipinski definition) is 0. The zero-order valence-corrected chi connectivity index (χ0v) is 16.2. The van der Waals surface area contributed by atoms with Crippen molar-refractivity contribution < 1.29 is 23.8 Å². The fraction of sp³-hybridized carbons (Fsp3) is 0.300. The number of unbranched alkanes of at least 4 members (excludes halogenated alkanes) is 2. The Kier molecular flexibility index (Phi) is 8.15. The van der Waals surface area contributed by atoms with Crippen LogP contribution in [0.3, 0.4) is 0 Å². The third kappa shape index (κ3) is 6.52. The molecule has 6 heteroatoms. The lowest BCUT2D eigenvalue weighted by Gasteiger charge is -2.07. The van der Waals surface area contributed by atoms with Crippen LogP contribution in [-0.2, 0) is 4.79 Å². The van der Waals surface area contributed by atoms with Crippen LogP contribution >= 0.6 is 15.9 Å². The lowest BCUT2D eigenvalue weighted by atomic mass is 10.2. The van der Waals surface area contributed by atoms with Gasteiger partial charge in [0.25, 0.3) is 0 Å². The van der Waals surface area contributed by atoms with E-state index in [-0.39, 0.29) is 5.97 Å². The van der Waals surface area contributed by atoms with E-state index < -0.39 is 5.97 Å². The lowest BCUT2D eigenvalue weighted by Crippen LogP contribution is -2.09. The Balaban J connectivity index is 1.84. The van der Waals surface area contributed by atoms with E-state index in [1.165, 1.54) is 0 Å². The molecule has 0 amide bonds. The van der Waals surface area contributed by atoms with E-state index in [0.29, 0.717) is 29.2 Å². The number of esters is 2. The average molecular weight is 421 g/mol. The van der Waals surface area contributed by atoms with Crippen molar-refractivity contribution in [3.63, 3.8) is 0 Å². The van der Waals surface area contributed by atoms with Gasteiger partial charge in [-0.3, -0.25) is 4.79 Å². The Labute approximate surface area is 161 Å². The van der Waals surface area contributed by atoms with Crippen molar-refractivity contribution in [2.45, 2.75) is 25.7 Å². The Morgan fingerprint density at radius 1 is 0.808 bits per heavy atom. The fourth-order valence-corrected chi connectivity index (χ4v) is 2.59. The van der Waals surface area contributed by atoms with Gasteiger partial charge in [-0.05, 0) is 61.4 Å². The lowest BCUT2D eigenvalue weighted by molar-refractivity contribution is -0.134. The number of benzene rings is 2. The van der Waals surface area contributed by atoms with Gasteiger partial charge in [0.2, 0.25) is 0 Å². The molecule has 0 atom stereocenters. The van der Waals surface area contributed by atoms with Crippen molar-refractivity contribution >= 4 is 27.9 Å². The molecular weight excluding hydrogens is 400 g/mol. The van der Waals surface area contributed by atoms with Crippen molar-refractivity contribution in [2.24, 2.45) is 0 Å². The summed E-state index contributed by atoms with van der Waals surface area (Å²) in [6.07, 6.45) is 3.23. The van der Waals surface area contributed by atoms with Crippen LogP contribution < -0.4 is 14.2 Å². The highest BCUT2D eigenvalue weighted by Crippen LogP contribution is 2.20. The molecule has 0 aliphatic rings. The molecule has 2 aromatic carbocycles. The molecule has 0 aliphatic carbocycles. The van der Waals surface area contributed by atoms with Crippen molar-refractivity contribution in [3.8, 4) is 17.2 Å². The van der Waals surface area contributed by atoms with Gasteiger partial charge in [0.15, 0.2) is 0 Å². The van der Waals surface area contributed by atoms with E-state index in [9.17, 15) is 9.59 Å². The normalized spacial score (nSPS) is 10.2. The molecule has 0 saturated heterocycles. The molecule has 0 aliphatic heterocycles. The van der Waals surface area contributed by atoms with Crippen LogP contribution in [0, 0.1) is 0 Å². The summed E-state index contributed by atoms with van der Waals surface area (Å²) < 4.78 is 15.6. The average Bonchev–Trinajstić information content (AvgIpc) is 2.67. The highest BCUT2D eigenvalue weighted by atomic mass is 79.9. The van der Waals surface area contributed by atoms with E-state index in [1.54, 1.807) is 55.6 Å². The standard InChI is InChI=1S/C20H21BrO5/c1-24-16-8-6-15(7-9-16)20(23)26-18-12-10-17(11-13-18)25-19(22)5-3-2-4-14-21/h6-13H,2-5,14H2,1H3. The number of methoxy groups -OCH3 is 1. The van der Waals surface area contributed by atoms with Crippen molar-refractivity contribution in [3.05, 3.63) is 54.1 Å². The zero-order chi connectivity index (χ0) is 18.8. The number of halogens is 1. The van der Waals surface area contributed by atoms with Gasteiger partial charge >= 0.3 is 11.9 Å². The Morgan fingerprint density at radius 3 is 1.96 bits per heavy atom. The van der Waals surface area contributed by atoms with Crippen LogP contribution in [0.2, 0.25) is 0 Å². The van der Waals surface area contributed by atoms with Crippen molar-refractivity contribution in [1.82, 2.24) is 0 Å². The Bertz CT molecular complexity index is 710. The molecule has 26 heavy (non-hydrogen) atoms. The molecule has 5 nitrogen and oxygen atoms in total. The fourth-order valence-electron chi connectivity index (χ4n) is 2.19. The minimum absolute atomic E-state index is 0.262. The minimum atomic E-state index is -0.468. The largest absolute Gasteiger partial charge is 0.497 e. The minimum Gasteiger partial charge on any atom is -0.497 e. The van der Waals surface area contributed by atoms with Gasteiger partial charge in [-0.15, -0.1) is 0 Å². The van der Waals surface area contributed by atoms with E-state index in [2.05, 4.69) is 15.9 Å². The SMILES string of the molecule is COc1ccc(C(=O)Oc2ccc(OC(=O)CCCCCBr)cc2)cc1. The van der Waals surface area contributed by atoms with Crippen molar-refractivity contribution in [1.29, 1.82) is 0 Å². The second kappa shape index (κ2) is 10.6. The molecule has 138 valence electrons. The maximum absolute atomic E-state index is 12.1. The van der Waals surface area contributed by atoms with Crippen LogP contribution in [0.25, 0.3) is 0 Å². The number of hydrogen-bond acceptors (Lipinski definition) is 5. The van der Waals surface area contributed by atoms with E-state index in [4.69, 9.17) is 14.2 Å². The maximum Gasteiger partial charge on any atom is 0.343 e. The summed E-state index contributed by atoms with van der Waals surface area (Å²) in [5.74, 6) is 0.745. The van der Waals surface area contributed by atoms with Gasteiger partial charge in [0.05, 0.1) is 12.7 Å². The smallest absolute Gasteiger partial charge is 0.343 e. The summed E-state index contributed by atoms with van der Waals surface area (Å²) >= 11 is 3.36. The molecular formula is C20H21BrO5. The van der Waals surface area contributed by atoms with Crippen molar-refractivity contribution in [2.75, 3.05) is 12.4 Å². The summed E-state index contributed by atoms with van der Waals surface area (Å²) in [6, 6.07) is 13.0. The van der Waals surface area contributed by atoms with Gasteiger partial charge in [-0.1, -0.05) is 22.4 Å². The Hall–Kier alpha value is -2.34. The van der Waals surface area contributed by atoms with Gasteiger partial charge in [-0.25, -0.2) is 4.79 Å². The predicted octanol–water partition coefficient (Wildman–Crippen LogP) is 4.78. The van der Waals surface area contributed by atoms with Gasteiger partial charge < -0.3 is 14.2 Å². The predicted molar refractivity (Wildman–Crippen MR) is 102 cm³/mol. The highest BCUT2D eigenvalue weighted by molar-refractivity contribution is 9.09. The van der Waals surface area contributed by atoms with Gasteiger partial charge in [0.1, 0.15) is 17.2 Å². The van der Waals surface area contributed by atoms with Crippen LogP contribution in [0.15, 0.2) is 48.5 Å². The molecule has 0 bridgehead atoms. The third-order valence-electron chi connectivity index (χ3n) is 3.61. The number of rotatable bonds is 9. The molecule has 0 saturated carbocycles. The first-order chi connectivity index (χ1) is 12.6. The molecule has 0 radical (unpaired) electrons. The summed E-state index contributed by atoms with van der Waals surface area (Å²) in [6.45, 7) is 0. The van der Waals surface area contributed by atoms with E-state index in [1.807, 2.05) is 0 Å². The summed E-state index contributed by atoms with van der Waals surface area (Å²) in [4.78, 5) is 23.8. The first-order valence-electron chi connectivity index (χ1n) is 8.35. The van der Waals surface area contributed by atoms with Gasteiger partial charge in [-0.2, -0.15) is 0 Å². The Morgan fingerprint density at radius 2 is 1.38 bits per heavy atom. The number of carbonyl (C=O) groups excluding carboxylic acids is 2. The quantitative estimate of drug-likeness (QED) is 0.253. The zero-order valence-electron chi connectivity index (χ0n) is 14.6. The van der Waals surface area contributed by atoms with E-state index in [0.717, 1.165) is 24.6 Å².